The van der Waals surface area contributed by atoms with Crippen LogP contribution in [0.3, 0.4) is 0 Å². The Balaban J connectivity index is 1.79. The maximum Gasteiger partial charge on any atom is 0.404 e. The summed E-state index contributed by atoms with van der Waals surface area (Å²) in [4.78, 5) is 19.0. The second-order valence-corrected chi connectivity index (χ2v) is 5.20. The molecule has 1 heterocycles. The van der Waals surface area contributed by atoms with Crippen molar-refractivity contribution in [3.8, 4) is 0 Å². The van der Waals surface area contributed by atoms with Gasteiger partial charge in [0.15, 0.2) is 0 Å². The molecule has 1 amide bonds. The maximum absolute atomic E-state index is 10.6. The summed E-state index contributed by atoms with van der Waals surface area (Å²) in [5, 5.41) is 3.27. The first-order valence-electron chi connectivity index (χ1n) is 5.83. The van der Waals surface area contributed by atoms with Gasteiger partial charge in [0.2, 0.25) is 5.95 Å². The van der Waals surface area contributed by atoms with Crippen molar-refractivity contribution in [2.45, 2.75) is 37.8 Å². The van der Waals surface area contributed by atoms with Crippen molar-refractivity contribution < 1.29 is 9.53 Å². The van der Waals surface area contributed by atoms with Gasteiger partial charge in [0, 0.05) is 18.4 Å². The Kier molecular flexibility index (Phi) is 4.35. The molecule has 0 atom stereocenters. The van der Waals surface area contributed by atoms with Crippen LogP contribution in [-0.2, 0) is 4.74 Å². The first-order valence-corrected chi connectivity index (χ1v) is 6.63. The van der Waals surface area contributed by atoms with E-state index in [2.05, 4.69) is 31.2 Å². The monoisotopic (exact) mass is 314 g/mol. The van der Waals surface area contributed by atoms with Crippen LogP contribution in [0.5, 0.6) is 0 Å². The van der Waals surface area contributed by atoms with Gasteiger partial charge in [0.25, 0.3) is 0 Å². The van der Waals surface area contributed by atoms with Crippen molar-refractivity contribution >= 4 is 28.0 Å². The van der Waals surface area contributed by atoms with Crippen LogP contribution in [0, 0.1) is 0 Å². The number of hydrogen-bond acceptors (Lipinski definition) is 5. The third-order valence-electron chi connectivity index (χ3n) is 2.91. The zero-order valence-corrected chi connectivity index (χ0v) is 11.4. The number of carbonyl (C=O) groups excluding carboxylic acids is 1. The third kappa shape index (κ3) is 3.83. The highest BCUT2D eigenvalue weighted by Gasteiger charge is 2.23. The topological polar surface area (TPSA) is 90.1 Å². The molecule has 0 unspecified atom stereocenters. The smallest absolute Gasteiger partial charge is 0.404 e. The first kappa shape index (κ1) is 13.1. The number of rotatable bonds is 3. The molecule has 1 aromatic rings. The zero-order chi connectivity index (χ0) is 13.0. The standard InChI is InChI=1S/C11H15BrN4O2/c12-7-5-14-11(15-6-7)16-8-1-3-9(4-2-8)18-10(13)17/h5-6,8-9H,1-4H2,(H2,13,17)(H,14,15,16). The second-order valence-electron chi connectivity index (χ2n) is 4.28. The Morgan fingerprint density at radius 1 is 1.33 bits per heavy atom. The zero-order valence-electron chi connectivity index (χ0n) is 9.80. The summed E-state index contributed by atoms with van der Waals surface area (Å²) in [5.41, 5.74) is 4.99. The Morgan fingerprint density at radius 2 is 1.94 bits per heavy atom. The highest BCUT2D eigenvalue weighted by Crippen LogP contribution is 2.23. The molecule has 0 aliphatic heterocycles. The molecule has 0 bridgehead atoms. The van der Waals surface area contributed by atoms with E-state index in [1.54, 1.807) is 12.4 Å². The van der Waals surface area contributed by atoms with Gasteiger partial charge >= 0.3 is 6.09 Å². The Bertz CT molecular complexity index is 404. The molecule has 1 aliphatic rings. The predicted octanol–water partition coefficient (Wildman–Crippen LogP) is 2.06. The van der Waals surface area contributed by atoms with Gasteiger partial charge in [-0.1, -0.05) is 0 Å². The molecular formula is C11H15BrN4O2. The molecule has 3 N–H and O–H groups in total. The maximum atomic E-state index is 10.6. The fourth-order valence-corrected chi connectivity index (χ4v) is 2.26. The minimum Gasteiger partial charge on any atom is -0.446 e. The van der Waals surface area contributed by atoms with Gasteiger partial charge < -0.3 is 15.8 Å². The van der Waals surface area contributed by atoms with Crippen molar-refractivity contribution in [2.75, 3.05) is 5.32 Å². The van der Waals surface area contributed by atoms with E-state index in [9.17, 15) is 4.79 Å². The molecule has 1 aliphatic carbocycles. The normalized spacial score (nSPS) is 23.4. The second kappa shape index (κ2) is 5.99. The van der Waals surface area contributed by atoms with Gasteiger partial charge in [-0.3, -0.25) is 0 Å². The molecule has 1 fully saturated rings. The molecule has 2 rings (SSSR count). The fraction of sp³-hybridized carbons (Fsp3) is 0.545. The lowest BCUT2D eigenvalue weighted by Crippen LogP contribution is -2.32. The Hall–Kier alpha value is -1.37. The van der Waals surface area contributed by atoms with Crippen molar-refractivity contribution in [3.05, 3.63) is 16.9 Å². The van der Waals surface area contributed by atoms with Crippen molar-refractivity contribution in [1.82, 2.24) is 9.97 Å². The molecule has 0 aromatic carbocycles. The summed E-state index contributed by atoms with van der Waals surface area (Å²) in [6, 6.07) is 0.318. The minimum atomic E-state index is -0.692. The van der Waals surface area contributed by atoms with Crippen molar-refractivity contribution in [2.24, 2.45) is 5.73 Å². The lowest BCUT2D eigenvalue weighted by Gasteiger charge is -2.28. The largest absolute Gasteiger partial charge is 0.446 e. The van der Waals surface area contributed by atoms with Crippen LogP contribution in [0.2, 0.25) is 0 Å². The van der Waals surface area contributed by atoms with E-state index < -0.39 is 6.09 Å². The molecule has 98 valence electrons. The number of aromatic nitrogens is 2. The van der Waals surface area contributed by atoms with E-state index in [-0.39, 0.29) is 6.10 Å². The molecule has 1 saturated carbocycles. The van der Waals surface area contributed by atoms with Gasteiger partial charge in [-0.15, -0.1) is 0 Å². The molecule has 6 nitrogen and oxygen atoms in total. The number of ether oxygens (including phenoxy) is 1. The number of halogens is 1. The van der Waals surface area contributed by atoms with Gasteiger partial charge in [-0.2, -0.15) is 0 Å². The molecule has 0 saturated heterocycles. The number of nitrogens with one attached hydrogen (secondary N) is 1. The summed E-state index contributed by atoms with van der Waals surface area (Å²) in [7, 11) is 0. The first-order chi connectivity index (χ1) is 8.63. The van der Waals surface area contributed by atoms with Crippen LogP contribution >= 0.6 is 15.9 Å². The van der Waals surface area contributed by atoms with E-state index in [4.69, 9.17) is 10.5 Å². The highest BCUT2D eigenvalue weighted by atomic mass is 79.9. The third-order valence-corrected chi connectivity index (χ3v) is 3.32. The molecule has 7 heteroatoms. The molecule has 18 heavy (non-hydrogen) atoms. The lowest BCUT2D eigenvalue weighted by atomic mass is 9.93. The summed E-state index contributed by atoms with van der Waals surface area (Å²) in [6.07, 6.45) is 6.13. The van der Waals surface area contributed by atoms with E-state index in [1.807, 2.05) is 0 Å². The highest BCUT2D eigenvalue weighted by molar-refractivity contribution is 9.10. The number of amides is 1. The van der Waals surface area contributed by atoms with Crippen LogP contribution in [0.1, 0.15) is 25.7 Å². The summed E-state index contributed by atoms with van der Waals surface area (Å²) >= 11 is 3.29. The minimum absolute atomic E-state index is 0.0496. The number of hydrogen-bond donors (Lipinski definition) is 2. The van der Waals surface area contributed by atoms with Crippen molar-refractivity contribution in [3.63, 3.8) is 0 Å². The van der Waals surface area contributed by atoms with Gasteiger partial charge in [0.05, 0.1) is 4.47 Å². The number of nitrogens with zero attached hydrogens (tertiary/aromatic N) is 2. The number of anilines is 1. The Morgan fingerprint density at radius 3 is 2.50 bits per heavy atom. The van der Waals surface area contributed by atoms with Gasteiger partial charge in [-0.25, -0.2) is 14.8 Å². The SMILES string of the molecule is NC(=O)OC1CCC(Nc2ncc(Br)cn2)CC1. The van der Waals surface area contributed by atoms with Crippen molar-refractivity contribution in [1.29, 1.82) is 0 Å². The number of nitrogens with two attached hydrogens (primary N) is 1. The lowest BCUT2D eigenvalue weighted by molar-refractivity contribution is 0.0805. The fourth-order valence-electron chi connectivity index (χ4n) is 2.06. The van der Waals surface area contributed by atoms with Crippen LogP contribution in [0.15, 0.2) is 16.9 Å². The van der Waals surface area contributed by atoms with E-state index in [0.717, 1.165) is 30.2 Å². The summed E-state index contributed by atoms with van der Waals surface area (Å²) in [5.74, 6) is 0.623. The molecular weight excluding hydrogens is 300 g/mol. The number of primary amides is 1. The van der Waals surface area contributed by atoms with E-state index in [1.165, 1.54) is 0 Å². The number of carbonyl (C=O) groups is 1. The molecule has 0 spiro atoms. The van der Waals surface area contributed by atoms with Crippen LogP contribution in [0.4, 0.5) is 10.7 Å². The summed E-state index contributed by atoms with van der Waals surface area (Å²) < 4.78 is 5.83. The summed E-state index contributed by atoms with van der Waals surface area (Å²) in [6.45, 7) is 0. The van der Waals surface area contributed by atoms with Crippen LogP contribution in [-0.4, -0.2) is 28.2 Å². The predicted molar refractivity (Wildman–Crippen MR) is 70.1 cm³/mol. The van der Waals surface area contributed by atoms with Crippen LogP contribution in [0.25, 0.3) is 0 Å². The van der Waals surface area contributed by atoms with Gasteiger partial charge in [0.1, 0.15) is 6.10 Å². The molecule has 0 radical (unpaired) electrons. The molecule has 1 aromatic heterocycles. The average Bonchev–Trinajstić information content (AvgIpc) is 2.34. The van der Waals surface area contributed by atoms with Gasteiger partial charge in [-0.05, 0) is 41.6 Å². The van der Waals surface area contributed by atoms with Crippen LogP contribution < -0.4 is 11.1 Å². The quantitative estimate of drug-likeness (QED) is 0.891. The average molecular weight is 315 g/mol. The van der Waals surface area contributed by atoms with E-state index >= 15 is 0 Å². The van der Waals surface area contributed by atoms with E-state index in [0.29, 0.717) is 12.0 Å². The Labute approximate surface area is 113 Å².